The molecule has 0 atom stereocenters. The van der Waals surface area contributed by atoms with E-state index < -0.39 is 15.4 Å². The van der Waals surface area contributed by atoms with Crippen LogP contribution in [0.1, 0.15) is 10.4 Å². The molecule has 0 saturated carbocycles. The third-order valence-electron chi connectivity index (χ3n) is 2.64. The monoisotopic (exact) mass is 326 g/mol. The summed E-state index contributed by atoms with van der Waals surface area (Å²) < 4.78 is 34.5. The summed E-state index contributed by atoms with van der Waals surface area (Å²) in [5.74, 6) is -0.134. The van der Waals surface area contributed by atoms with Gasteiger partial charge in [-0.3, -0.25) is 4.79 Å². The molecule has 0 unspecified atom stereocenters. The standard InChI is InChI=1S/C14H11ClO5S/c1-19-12-9-5-8-11(14(15)16)13(12)20-21(17,18)10-6-3-2-4-7-10/h2-9H,1H3. The van der Waals surface area contributed by atoms with Gasteiger partial charge in [0.15, 0.2) is 11.5 Å². The molecule has 0 fully saturated rings. The quantitative estimate of drug-likeness (QED) is 0.624. The number of hydrogen-bond donors (Lipinski definition) is 0. The Bertz CT molecular complexity index is 756. The fourth-order valence-corrected chi connectivity index (χ4v) is 2.79. The van der Waals surface area contributed by atoms with Crippen molar-refractivity contribution in [2.24, 2.45) is 0 Å². The lowest BCUT2D eigenvalue weighted by Gasteiger charge is -2.12. The Kier molecular flexibility index (Phi) is 4.50. The second-order valence-corrected chi connectivity index (χ2v) is 5.85. The zero-order valence-electron chi connectivity index (χ0n) is 10.9. The Balaban J connectivity index is 2.51. The van der Waals surface area contributed by atoms with Crippen molar-refractivity contribution in [2.75, 3.05) is 7.11 Å². The third-order valence-corrected chi connectivity index (χ3v) is 4.07. The van der Waals surface area contributed by atoms with Gasteiger partial charge in [-0.1, -0.05) is 24.3 Å². The smallest absolute Gasteiger partial charge is 0.339 e. The molecule has 21 heavy (non-hydrogen) atoms. The van der Waals surface area contributed by atoms with E-state index in [9.17, 15) is 13.2 Å². The predicted molar refractivity (Wildman–Crippen MR) is 77.4 cm³/mol. The molecule has 0 aromatic heterocycles. The number of carbonyl (C=O) groups excluding carboxylic acids is 1. The summed E-state index contributed by atoms with van der Waals surface area (Å²) in [7, 11) is -2.76. The minimum absolute atomic E-state index is 0.0381. The maximum Gasteiger partial charge on any atom is 0.339 e. The number of ether oxygens (including phenoxy) is 1. The highest BCUT2D eigenvalue weighted by molar-refractivity contribution is 7.87. The molecule has 7 heteroatoms. The van der Waals surface area contributed by atoms with Crippen LogP contribution in [-0.4, -0.2) is 20.8 Å². The molecule has 0 amide bonds. The van der Waals surface area contributed by atoms with Gasteiger partial charge in [-0.05, 0) is 35.9 Å². The minimum Gasteiger partial charge on any atom is -0.493 e. The SMILES string of the molecule is COc1cccc(C(=O)Cl)c1OS(=O)(=O)c1ccccc1. The number of hydrogen-bond acceptors (Lipinski definition) is 5. The molecule has 0 N–H and O–H groups in total. The Hall–Kier alpha value is -2.05. The molecule has 110 valence electrons. The number of carbonyl (C=O) groups is 1. The number of para-hydroxylation sites is 1. The summed E-state index contributed by atoms with van der Waals surface area (Å²) in [4.78, 5) is 11.4. The molecule has 0 aliphatic rings. The Labute approximate surface area is 127 Å². The summed E-state index contributed by atoms with van der Waals surface area (Å²) >= 11 is 5.44. The van der Waals surface area contributed by atoms with E-state index in [1.807, 2.05) is 0 Å². The van der Waals surface area contributed by atoms with Crippen molar-refractivity contribution in [1.29, 1.82) is 0 Å². The van der Waals surface area contributed by atoms with Crippen molar-refractivity contribution in [1.82, 2.24) is 0 Å². The van der Waals surface area contributed by atoms with Crippen molar-refractivity contribution in [2.45, 2.75) is 4.90 Å². The van der Waals surface area contributed by atoms with Crippen LogP contribution in [0.5, 0.6) is 11.5 Å². The van der Waals surface area contributed by atoms with Crippen LogP contribution in [0.3, 0.4) is 0 Å². The summed E-state index contributed by atoms with van der Waals surface area (Å²) in [6.45, 7) is 0. The lowest BCUT2D eigenvalue weighted by Crippen LogP contribution is -2.12. The first-order valence-electron chi connectivity index (χ1n) is 5.82. The highest BCUT2D eigenvalue weighted by atomic mass is 35.5. The van der Waals surface area contributed by atoms with E-state index in [0.717, 1.165) is 0 Å². The van der Waals surface area contributed by atoms with Crippen LogP contribution in [0.4, 0.5) is 0 Å². The number of rotatable bonds is 5. The van der Waals surface area contributed by atoms with Gasteiger partial charge in [0.25, 0.3) is 5.24 Å². The van der Waals surface area contributed by atoms with E-state index in [1.165, 1.54) is 37.4 Å². The van der Waals surface area contributed by atoms with Crippen molar-refractivity contribution in [3.05, 3.63) is 54.1 Å². The molecule has 0 heterocycles. The van der Waals surface area contributed by atoms with E-state index in [-0.39, 0.29) is 22.0 Å². The second-order valence-electron chi connectivity index (χ2n) is 3.96. The number of benzene rings is 2. The van der Waals surface area contributed by atoms with E-state index in [1.54, 1.807) is 18.2 Å². The van der Waals surface area contributed by atoms with E-state index in [2.05, 4.69) is 0 Å². The van der Waals surface area contributed by atoms with E-state index in [0.29, 0.717) is 0 Å². The highest BCUT2D eigenvalue weighted by Gasteiger charge is 2.23. The van der Waals surface area contributed by atoms with Gasteiger partial charge in [0.05, 0.1) is 12.7 Å². The topological polar surface area (TPSA) is 69.7 Å². The molecule has 0 aliphatic carbocycles. The first kappa shape index (κ1) is 15.3. The molecular weight excluding hydrogens is 316 g/mol. The molecule has 2 rings (SSSR count). The maximum atomic E-state index is 12.2. The predicted octanol–water partition coefficient (Wildman–Crippen LogP) is 2.84. The molecule has 5 nitrogen and oxygen atoms in total. The van der Waals surface area contributed by atoms with Crippen LogP contribution >= 0.6 is 11.6 Å². The van der Waals surface area contributed by atoms with E-state index >= 15 is 0 Å². The first-order valence-corrected chi connectivity index (χ1v) is 7.60. The summed E-state index contributed by atoms with van der Waals surface area (Å²) in [5, 5.41) is -0.841. The number of methoxy groups -OCH3 is 1. The first-order chi connectivity index (χ1) is 9.95. The van der Waals surface area contributed by atoms with E-state index in [4.69, 9.17) is 20.5 Å². The molecule has 2 aromatic rings. The van der Waals surface area contributed by atoms with Crippen LogP contribution in [0.25, 0.3) is 0 Å². The van der Waals surface area contributed by atoms with Gasteiger partial charge in [-0.25, -0.2) is 0 Å². The Morgan fingerprint density at radius 2 is 1.71 bits per heavy atom. The number of halogens is 1. The van der Waals surface area contributed by atoms with Crippen LogP contribution in [0.15, 0.2) is 53.4 Å². The fraction of sp³-hybridized carbons (Fsp3) is 0.0714. The van der Waals surface area contributed by atoms with Crippen molar-refractivity contribution >= 4 is 27.0 Å². The van der Waals surface area contributed by atoms with Gasteiger partial charge in [0.1, 0.15) is 4.90 Å². The van der Waals surface area contributed by atoms with Crippen molar-refractivity contribution in [3.8, 4) is 11.5 Å². The zero-order chi connectivity index (χ0) is 15.5. The largest absolute Gasteiger partial charge is 0.493 e. The zero-order valence-corrected chi connectivity index (χ0v) is 12.5. The van der Waals surface area contributed by atoms with Gasteiger partial charge in [0, 0.05) is 0 Å². The summed E-state index contributed by atoms with van der Waals surface area (Å²) in [6, 6.07) is 11.9. The lowest BCUT2D eigenvalue weighted by molar-refractivity contribution is 0.107. The highest BCUT2D eigenvalue weighted by Crippen LogP contribution is 2.34. The Morgan fingerprint density at radius 3 is 2.29 bits per heavy atom. The van der Waals surface area contributed by atoms with Gasteiger partial charge >= 0.3 is 10.1 Å². The van der Waals surface area contributed by atoms with Crippen LogP contribution in [0, 0.1) is 0 Å². The van der Waals surface area contributed by atoms with Crippen LogP contribution in [-0.2, 0) is 10.1 Å². The fourth-order valence-electron chi connectivity index (χ4n) is 1.66. The maximum absolute atomic E-state index is 12.2. The lowest BCUT2D eigenvalue weighted by atomic mass is 10.2. The van der Waals surface area contributed by atoms with Gasteiger partial charge in [-0.2, -0.15) is 8.42 Å². The van der Waals surface area contributed by atoms with Crippen molar-refractivity contribution in [3.63, 3.8) is 0 Å². The van der Waals surface area contributed by atoms with Gasteiger partial charge in [-0.15, -0.1) is 0 Å². The molecule has 0 spiro atoms. The molecule has 0 radical (unpaired) electrons. The third kappa shape index (κ3) is 3.34. The average Bonchev–Trinajstić information content (AvgIpc) is 2.47. The molecule has 2 aromatic carbocycles. The van der Waals surface area contributed by atoms with Gasteiger partial charge in [0.2, 0.25) is 0 Å². The van der Waals surface area contributed by atoms with Gasteiger partial charge < -0.3 is 8.92 Å². The molecule has 0 bridgehead atoms. The van der Waals surface area contributed by atoms with Crippen molar-refractivity contribution < 1.29 is 22.1 Å². The average molecular weight is 327 g/mol. The summed E-state index contributed by atoms with van der Waals surface area (Å²) in [5.41, 5.74) is -0.0875. The summed E-state index contributed by atoms with van der Waals surface area (Å²) in [6.07, 6.45) is 0. The van der Waals surface area contributed by atoms with Crippen LogP contribution in [0.2, 0.25) is 0 Å². The minimum atomic E-state index is -4.09. The Morgan fingerprint density at radius 1 is 1.05 bits per heavy atom. The van der Waals surface area contributed by atoms with Crippen LogP contribution < -0.4 is 8.92 Å². The molecular formula is C14H11ClO5S. The molecule has 0 saturated heterocycles. The normalized spacial score (nSPS) is 11.0. The molecule has 0 aliphatic heterocycles. The second kappa shape index (κ2) is 6.15.